The van der Waals surface area contributed by atoms with Crippen molar-refractivity contribution in [2.24, 2.45) is 70.5 Å². The Balaban J connectivity index is 1.16. The first kappa shape index (κ1) is 28.3. The molecule has 6 aliphatic carbocycles. The zero-order valence-electron chi connectivity index (χ0n) is 25.4. The lowest BCUT2D eigenvalue weighted by Gasteiger charge is -2.60. The first-order valence-electron chi connectivity index (χ1n) is 16.1. The quantitative estimate of drug-likeness (QED) is 0.256. The fraction of sp³-hybridized carbons (Fsp3) is 0.848. The number of carbonyl (C=O) groups is 5. The summed E-state index contributed by atoms with van der Waals surface area (Å²) in [6.45, 7) is 9.85. The fourth-order valence-corrected chi connectivity index (χ4v) is 11.2. The Kier molecular flexibility index (Phi) is 6.26. The normalized spacial score (nSPS) is 47.3. The smallest absolute Gasteiger partial charge is 0.318 e. The minimum Gasteiger partial charge on any atom is -0.465 e. The molecule has 11 atom stereocenters. The molecule has 11 unspecified atom stereocenters. The van der Waals surface area contributed by atoms with Crippen LogP contribution in [-0.4, -0.2) is 47.7 Å². The molecule has 0 aromatic carbocycles. The summed E-state index contributed by atoms with van der Waals surface area (Å²) >= 11 is 0. The van der Waals surface area contributed by atoms with Crippen molar-refractivity contribution in [1.82, 2.24) is 0 Å². The number of hydrogen-bond acceptors (Lipinski definition) is 9. The van der Waals surface area contributed by atoms with Gasteiger partial charge in [-0.25, -0.2) is 0 Å². The van der Waals surface area contributed by atoms with E-state index in [1.807, 2.05) is 20.8 Å². The molecule has 2 saturated heterocycles. The highest BCUT2D eigenvalue weighted by Crippen LogP contribution is 2.65. The minimum absolute atomic E-state index is 0.0698. The molecule has 230 valence electrons. The van der Waals surface area contributed by atoms with Crippen molar-refractivity contribution in [1.29, 1.82) is 0 Å². The highest BCUT2D eigenvalue weighted by atomic mass is 16.6. The zero-order chi connectivity index (χ0) is 29.9. The Hall–Kier alpha value is -2.45. The van der Waals surface area contributed by atoms with Crippen LogP contribution in [0, 0.1) is 70.5 Å². The van der Waals surface area contributed by atoms with E-state index in [9.17, 15) is 24.0 Å². The number of rotatable bonds is 6. The van der Waals surface area contributed by atoms with Crippen LogP contribution in [-0.2, 0) is 42.9 Å². The highest BCUT2D eigenvalue weighted by Gasteiger charge is 2.65. The summed E-state index contributed by atoms with van der Waals surface area (Å²) in [7, 11) is 0. The molecule has 2 heterocycles. The number of hydrogen-bond donors (Lipinski definition) is 0. The van der Waals surface area contributed by atoms with Gasteiger partial charge in [-0.15, -0.1) is 0 Å². The van der Waals surface area contributed by atoms with Gasteiger partial charge < -0.3 is 18.9 Å². The molecule has 42 heavy (non-hydrogen) atoms. The van der Waals surface area contributed by atoms with Crippen molar-refractivity contribution >= 4 is 29.8 Å². The number of cyclic esters (lactones) is 3. The third kappa shape index (κ3) is 4.26. The zero-order valence-corrected chi connectivity index (χ0v) is 25.4. The van der Waals surface area contributed by atoms with Gasteiger partial charge in [0.2, 0.25) is 0 Å². The second-order valence-electron chi connectivity index (χ2n) is 16.2. The van der Waals surface area contributed by atoms with Crippen LogP contribution < -0.4 is 0 Å². The molecule has 9 heteroatoms. The molecular formula is C33H44O9. The first-order chi connectivity index (χ1) is 19.7. The van der Waals surface area contributed by atoms with E-state index < -0.39 is 52.3 Å². The molecule has 6 bridgehead atoms. The Morgan fingerprint density at radius 1 is 0.929 bits per heavy atom. The molecule has 0 amide bonds. The second kappa shape index (κ2) is 9.28. The van der Waals surface area contributed by atoms with E-state index in [-0.39, 0.29) is 59.3 Å². The van der Waals surface area contributed by atoms with Crippen LogP contribution in [0.2, 0.25) is 0 Å². The molecule has 8 rings (SSSR count). The van der Waals surface area contributed by atoms with Crippen molar-refractivity contribution in [3.8, 4) is 0 Å². The van der Waals surface area contributed by atoms with Gasteiger partial charge in [0.25, 0.3) is 0 Å². The monoisotopic (exact) mass is 584 g/mol. The van der Waals surface area contributed by atoms with Crippen LogP contribution in [0.5, 0.6) is 0 Å². The lowest BCUT2D eigenvalue weighted by Crippen LogP contribution is -2.61. The summed E-state index contributed by atoms with van der Waals surface area (Å²) in [5, 5.41) is 0. The Bertz CT molecular complexity index is 1220. The van der Waals surface area contributed by atoms with Crippen LogP contribution in [0.15, 0.2) is 0 Å². The van der Waals surface area contributed by atoms with E-state index in [0.717, 1.165) is 25.7 Å². The summed E-state index contributed by atoms with van der Waals surface area (Å²) < 4.78 is 22.9. The molecule has 0 spiro atoms. The lowest BCUT2D eigenvalue weighted by molar-refractivity contribution is -0.221. The molecule has 8 fully saturated rings. The Labute approximate surface area is 247 Å². The van der Waals surface area contributed by atoms with Gasteiger partial charge in [0.1, 0.15) is 11.2 Å². The standard InChI is InChI=1S/C33H44O9/c1-15-19(21-8-20(15)25-23(21)13-39-28(25)36)7-22(24-16(2)26(34)40-29(24)37)27(35)41-33-11-17-6-18(12-33)10-32(9-17,14-33)30(38)42-31(3,4)5/h15-25H,6-14H2,1-5H3. The van der Waals surface area contributed by atoms with Gasteiger partial charge in [-0.2, -0.15) is 0 Å². The minimum atomic E-state index is -0.901. The SMILES string of the molecule is CC1C(=O)OC(=O)C1C(CC1C(C)C2CC1C1COC(=O)C21)C(=O)OC12CC3CC(C1)CC(C(=O)OC(C)(C)C)(C3)C2. The molecule has 8 aliphatic rings. The van der Waals surface area contributed by atoms with Gasteiger partial charge in [-0.3, -0.25) is 24.0 Å². The van der Waals surface area contributed by atoms with E-state index in [1.54, 1.807) is 6.92 Å². The Morgan fingerprint density at radius 2 is 1.62 bits per heavy atom. The van der Waals surface area contributed by atoms with Gasteiger partial charge in [0, 0.05) is 12.3 Å². The topological polar surface area (TPSA) is 122 Å². The van der Waals surface area contributed by atoms with E-state index >= 15 is 0 Å². The maximum Gasteiger partial charge on any atom is 0.318 e. The third-order valence-electron chi connectivity index (χ3n) is 12.4. The largest absolute Gasteiger partial charge is 0.465 e. The fourth-order valence-electron chi connectivity index (χ4n) is 11.2. The number of fused-ring (bicyclic) bond motifs is 5. The molecule has 9 nitrogen and oxygen atoms in total. The maximum atomic E-state index is 14.4. The van der Waals surface area contributed by atoms with Crippen molar-refractivity contribution < 1.29 is 42.9 Å². The summed E-state index contributed by atoms with van der Waals surface area (Å²) in [5.41, 5.74) is -2.04. The molecule has 0 aromatic heterocycles. The van der Waals surface area contributed by atoms with Crippen LogP contribution >= 0.6 is 0 Å². The molecule has 0 N–H and O–H groups in total. The summed E-state index contributed by atoms with van der Waals surface area (Å²) in [6, 6.07) is 0. The summed E-state index contributed by atoms with van der Waals surface area (Å²) in [4.78, 5) is 65.9. The van der Waals surface area contributed by atoms with Crippen LogP contribution in [0.1, 0.15) is 86.0 Å². The van der Waals surface area contributed by atoms with Gasteiger partial charge in [-0.1, -0.05) is 13.8 Å². The Morgan fingerprint density at radius 3 is 2.24 bits per heavy atom. The van der Waals surface area contributed by atoms with Crippen LogP contribution in [0.4, 0.5) is 0 Å². The molecule has 0 radical (unpaired) electrons. The highest BCUT2D eigenvalue weighted by molar-refractivity contribution is 5.98. The maximum absolute atomic E-state index is 14.4. The van der Waals surface area contributed by atoms with Crippen molar-refractivity contribution in [3.63, 3.8) is 0 Å². The van der Waals surface area contributed by atoms with Gasteiger partial charge in [0.05, 0.1) is 35.7 Å². The van der Waals surface area contributed by atoms with Crippen LogP contribution in [0.3, 0.4) is 0 Å². The number of carbonyl (C=O) groups excluding carboxylic acids is 5. The lowest BCUT2D eigenvalue weighted by atomic mass is 9.48. The van der Waals surface area contributed by atoms with Crippen molar-refractivity contribution in [3.05, 3.63) is 0 Å². The molecule has 0 aromatic rings. The van der Waals surface area contributed by atoms with E-state index in [1.165, 1.54) is 0 Å². The predicted molar refractivity (Wildman–Crippen MR) is 146 cm³/mol. The van der Waals surface area contributed by atoms with E-state index in [0.29, 0.717) is 32.3 Å². The molecular weight excluding hydrogens is 540 g/mol. The van der Waals surface area contributed by atoms with Gasteiger partial charge >= 0.3 is 29.8 Å². The summed E-state index contributed by atoms with van der Waals surface area (Å²) in [6.07, 6.45) is 5.75. The van der Waals surface area contributed by atoms with Gasteiger partial charge in [-0.05, 0) is 101 Å². The second-order valence-corrected chi connectivity index (χ2v) is 16.2. The van der Waals surface area contributed by atoms with E-state index in [2.05, 4.69) is 6.92 Å². The van der Waals surface area contributed by atoms with Crippen molar-refractivity contribution in [2.45, 2.75) is 97.2 Å². The van der Waals surface area contributed by atoms with Gasteiger partial charge in [0.15, 0.2) is 0 Å². The molecule has 2 aliphatic heterocycles. The number of esters is 5. The summed E-state index contributed by atoms with van der Waals surface area (Å²) in [5.74, 6) is -3.09. The average molecular weight is 585 g/mol. The molecule has 6 saturated carbocycles. The first-order valence-corrected chi connectivity index (χ1v) is 16.1. The predicted octanol–water partition coefficient (Wildman–Crippen LogP) is 4.24. The van der Waals surface area contributed by atoms with E-state index in [4.69, 9.17) is 18.9 Å². The van der Waals surface area contributed by atoms with Crippen LogP contribution in [0.25, 0.3) is 0 Å². The average Bonchev–Trinajstić information content (AvgIpc) is 3.58. The number of ether oxygens (including phenoxy) is 4. The van der Waals surface area contributed by atoms with Crippen molar-refractivity contribution in [2.75, 3.05) is 6.61 Å². The third-order valence-corrected chi connectivity index (χ3v) is 12.4.